The van der Waals surface area contributed by atoms with Crippen molar-refractivity contribution in [3.05, 3.63) is 45.7 Å². The van der Waals surface area contributed by atoms with E-state index in [1.54, 1.807) is 29.7 Å². The SMILES string of the molecule is O=C(NCc1cccs1)NC1CCC(Oc2ccc(Cl)cn2)CC1. The van der Waals surface area contributed by atoms with Crippen molar-refractivity contribution in [1.29, 1.82) is 0 Å². The van der Waals surface area contributed by atoms with Gasteiger partial charge in [-0.05, 0) is 43.2 Å². The number of aromatic nitrogens is 1. The summed E-state index contributed by atoms with van der Waals surface area (Å²) in [7, 11) is 0. The fourth-order valence-corrected chi connectivity index (χ4v) is 3.50. The Balaban J connectivity index is 1.37. The number of hydrogen-bond acceptors (Lipinski definition) is 4. The van der Waals surface area contributed by atoms with Crippen molar-refractivity contribution in [3.8, 4) is 5.88 Å². The van der Waals surface area contributed by atoms with Crippen LogP contribution in [-0.2, 0) is 6.54 Å². The molecule has 3 rings (SSSR count). The van der Waals surface area contributed by atoms with Gasteiger partial charge in [-0.15, -0.1) is 11.3 Å². The van der Waals surface area contributed by atoms with Crippen LogP contribution in [0.2, 0.25) is 5.02 Å². The highest BCUT2D eigenvalue weighted by Crippen LogP contribution is 2.23. The van der Waals surface area contributed by atoms with Gasteiger partial charge in [0.25, 0.3) is 0 Å². The summed E-state index contributed by atoms with van der Waals surface area (Å²) in [4.78, 5) is 17.2. The predicted molar refractivity (Wildman–Crippen MR) is 95.6 cm³/mol. The van der Waals surface area contributed by atoms with Gasteiger partial charge in [0, 0.05) is 23.2 Å². The monoisotopic (exact) mass is 365 g/mol. The predicted octanol–water partition coefficient (Wildman–Crippen LogP) is 3.99. The summed E-state index contributed by atoms with van der Waals surface area (Å²) in [6.45, 7) is 0.574. The average Bonchev–Trinajstić information content (AvgIpc) is 3.10. The van der Waals surface area contributed by atoms with E-state index in [0.717, 1.165) is 30.6 Å². The van der Waals surface area contributed by atoms with E-state index in [4.69, 9.17) is 16.3 Å². The van der Waals surface area contributed by atoms with Crippen LogP contribution in [0.4, 0.5) is 4.79 Å². The van der Waals surface area contributed by atoms with Gasteiger partial charge in [0.1, 0.15) is 6.10 Å². The summed E-state index contributed by atoms with van der Waals surface area (Å²) in [6, 6.07) is 7.65. The molecule has 128 valence electrons. The first-order valence-corrected chi connectivity index (χ1v) is 9.30. The molecule has 0 radical (unpaired) electrons. The lowest BCUT2D eigenvalue weighted by Crippen LogP contribution is -2.44. The van der Waals surface area contributed by atoms with Crippen LogP contribution in [0.15, 0.2) is 35.8 Å². The van der Waals surface area contributed by atoms with E-state index in [0.29, 0.717) is 17.4 Å². The molecule has 0 bridgehead atoms. The molecule has 0 aliphatic heterocycles. The van der Waals surface area contributed by atoms with Crippen molar-refractivity contribution < 1.29 is 9.53 Å². The minimum Gasteiger partial charge on any atom is -0.474 e. The van der Waals surface area contributed by atoms with Crippen LogP contribution in [0.3, 0.4) is 0 Å². The van der Waals surface area contributed by atoms with Crippen LogP contribution in [0.5, 0.6) is 5.88 Å². The number of nitrogens with one attached hydrogen (secondary N) is 2. The number of carbonyl (C=O) groups is 1. The number of rotatable bonds is 5. The second kappa shape index (κ2) is 8.35. The molecule has 0 spiro atoms. The molecule has 1 saturated carbocycles. The van der Waals surface area contributed by atoms with Crippen molar-refractivity contribution in [3.63, 3.8) is 0 Å². The molecule has 2 heterocycles. The molecular weight excluding hydrogens is 346 g/mol. The smallest absolute Gasteiger partial charge is 0.315 e. The number of halogens is 1. The van der Waals surface area contributed by atoms with Crippen LogP contribution in [0.1, 0.15) is 30.6 Å². The summed E-state index contributed by atoms with van der Waals surface area (Å²) < 4.78 is 5.86. The molecule has 0 unspecified atom stereocenters. The molecular formula is C17H20ClN3O2S. The Morgan fingerprint density at radius 1 is 1.29 bits per heavy atom. The second-order valence-electron chi connectivity index (χ2n) is 5.81. The number of hydrogen-bond donors (Lipinski definition) is 2. The first-order valence-electron chi connectivity index (χ1n) is 8.04. The first-order chi connectivity index (χ1) is 11.7. The average molecular weight is 366 g/mol. The molecule has 2 amide bonds. The van der Waals surface area contributed by atoms with Gasteiger partial charge in [-0.2, -0.15) is 0 Å². The van der Waals surface area contributed by atoms with E-state index >= 15 is 0 Å². The number of nitrogens with zero attached hydrogens (tertiary/aromatic N) is 1. The molecule has 1 fully saturated rings. The van der Waals surface area contributed by atoms with Gasteiger partial charge in [-0.25, -0.2) is 9.78 Å². The maximum atomic E-state index is 11.9. The molecule has 2 N–H and O–H groups in total. The Hall–Kier alpha value is -1.79. The van der Waals surface area contributed by atoms with Gasteiger partial charge >= 0.3 is 6.03 Å². The molecule has 1 aliphatic rings. The maximum Gasteiger partial charge on any atom is 0.315 e. The number of ether oxygens (including phenoxy) is 1. The van der Waals surface area contributed by atoms with Crippen LogP contribution in [-0.4, -0.2) is 23.2 Å². The highest BCUT2D eigenvalue weighted by molar-refractivity contribution is 7.09. The molecule has 5 nitrogen and oxygen atoms in total. The lowest BCUT2D eigenvalue weighted by Gasteiger charge is -2.29. The van der Waals surface area contributed by atoms with Crippen molar-refractivity contribution in [2.45, 2.75) is 44.4 Å². The quantitative estimate of drug-likeness (QED) is 0.842. The van der Waals surface area contributed by atoms with E-state index in [9.17, 15) is 4.79 Å². The lowest BCUT2D eigenvalue weighted by atomic mass is 9.93. The zero-order valence-electron chi connectivity index (χ0n) is 13.2. The number of amides is 2. The molecule has 0 atom stereocenters. The summed E-state index contributed by atoms with van der Waals surface area (Å²) in [5.74, 6) is 0.601. The summed E-state index contributed by atoms with van der Waals surface area (Å²) in [5, 5.41) is 8.54. The van der Waals surface area contributed by atoms with Crippen LogP contribution < -0.4 is 15.4 Å². The summed E-state index contributed by atoms with van der Waals surface area (Å²) in [5.41, 5.74) is 0. The van der Waals surface area contributed by atoms with Gasteiger partial charge in [-0.1, -0.05) is 17.7 Å². The Labute approximate surface area is 150 Å². The first kappa shape index (κ1) is 17.0. The van der Waals surface area contributed by atoms with Gasteiger partial charge in [-0.3, -0.25) is 0 Å². The largest absolute Gasteiger partial charge is 0.474 e. The third-order valence-corrected chi connectivity index (χ3v) is 5.10. The zero-order valence-corrected chi connectivity index (χ0v) is 14.8. The van der Waals surface area contributed by atoms with E-state index in [1.165, 1.54) is 0 Å². The third kappa shape index (κ3) is 5.11. The second-order valence-corrected chi connectivity index (χ2v) is 7.28. The van der Waals surface area contributed by atoms with Gasteiger partial charge in [0.15, 0.2) is 0 Å². The molecule has 0 saturated heterocycles. The Kier molecular flexibility index (Phi) is 5.93. The van der Waals surface area contributed by atoms with E-state index < -0.39 is 0 Å². The van der Waals surface area contributed by atoms with Crippen LogP contribution in [0, 0.1) is 0 Å². The van der Waals surface area contributed by atoms with Crippen LogP contribution in [0.25, 0.3) is 0 Å². The fraction of sp³-hybridized carbons (Fsp3) is 0.412. The normalized spacial score (nSPS) is 20.4. The minimum absolute atomic E-state index is 0.105. The van der Waals surface area contributed by atoms with Gasteiger partial charge in [0.05, 0.1) is 11.6 Å². The fourth-order valence-electron chi connectivity index (χ4n) is 2.74. The molecule has 0 aromatic carbocycles. The van der Waals surface area contributed by atoms with Crippen molar-refractivity contribution in [2.75, 3.05) is 0 Å². The topological polar surface area (TPSA) is 63.2 Å². The number of carbonyl (C=O) groups excluding carboxylic acids is 1. The maximum absolute atomic E-state index is 11.9. The molecule has 24 heavy (non-hydrogen) atoms. The van der Waals surface area contributed by atoms with E-state index in [-0.39, 0.29) is 18.2 Å². The van der Waals surface area contributed by atoms with Gasteiger partial charge in [0.2, 0.25) is 5.88 Å². The Morgan fingerprint density at radius 3 is 2.79 bits per heavy atom. The zero-order chi connectivity index (χ0) is 16.8. The third-order valence-electron chi connectivity index (χ3n) is 4.00. The van der Waals surface area contributed by atoms with Crippen molar-refractivity contribution in [1.82, 2.24) is 15.6 Å². The molecule has 2 aromatic heterocycles. The highest BCUT2D eigenvalue weighted by atomic mass is 35.5. The lowest BCUT2D eigenvalue weighted by molar-refractivity contribution is 0.135. The minimum atomic E-state index is -0.105. The van der Waals surface area contributed by atoms with E-state index in [2.05, 4.69) is 15.6 Å². The summed E-state index contributed by atoms with van der Waals surface area (Å²) >= 11 is 7.46. The number of thiophene rings is 1. The number of pyridine rings is 1. The van der Waals surface area contributed by atoms with Crippen LogP contribution >= 0.6 is 22.9 Å². The van der Waals surface area contributed by atoms with Gasteiger partial charge < -0.3 is 15.4 Å². The number of urea groups is 1. The Morgan fingerprint density at radius 2 is 2.12 bits per heavy atom. The van der Waals surface area contributed by atoms with Crippen molar-refractivity contribution in [2.24, 2.45) is 0 Å². The van der Waals surface area contributed by atoms with Crippen molar-refractivity contribution >= 4 is 29.0 Å². The summed E-state index contributed by atoms with van der Waals surface area (Å²) in [6.07, 6.45) is 5.35. The Bertz CT molecular complexity index is 640. The highest BCUT2D eigenvalue weighted by Gasteiger charge is 2.23. The standard InChI is InChI=1S/C17H20ClN3O2S/c18-12-3-8-16(19-10-12)23-14-6-4-13(5-7-14)21-17(22)20-11-15-2-1-9-24-15/h1-3,8-10,13-14H,4-7,11H2,(H2,20,21,22). The molecule has 1 aliphatic carbocycles. The molecule has 7 heteroatoms. The molecule has 2 aromatic rings. The van der Waals surface area contributed by atoms with E-state index in [1.807, 2.05) is 17.5 Å².